The van der Waals surface area contributed by atoms with Gasteiger partial charge in [-0.2, -0.15) is 0 Å². The number of carbonyl (C=O) groups is 1. The van der Waals surface area contributed by atoms with Crippen molar-refractivity contribution in [2.75, 3.05) is 13.2 Å². The Morgan fingerprint density at radius 3 is 3.08 bits per heavy atom. The van der Waals surface area contributed by atoms with Gasteiger partial charge in [0.1, 0.15) is 10.9 Å². The van der Waals surface area contributed by atoms with Crippen molar-refractivity contribution in [3.05, 3.63) is 58.4 Å². The molecule has 2 aromatic rings. The second-order valence-corrected chi connectivity index (χ2v) is 6.48. The molecule has 2 aliphatic heterocycles. The van der Waals surface area contributed by atoms with Crippen molar-refractivity contribution in [1.82, 2.24) is 15.2 Å². The number of urea groups is 1. The van der Waals surface area contributed by atoms with Crippen molar-refractivity contribution >= 4 is 17.6 Å². The van der Waals surface area contributed by atoms with Gasteiger partial charge in [0.15, 0.2) is 0 Å². The van der Waals surface area contributed by atoms with Crippen LogP contribution in [0, 0.1) is 0 Å². The molecule has 0 unspecified atom stereocenters. The predicted octanol–water partition coefficient (Wildman–Crippen LogP) is 3.33. The van der Waals surface area contributed by atoms with Gasteiger partial charge in [0.2, 0.25) is 0 Å². The van der Waals surface area contributed by atoms with Crippen molar-refractivity contribution in [1.29, 1.82) is 0 Å². The minimum absolute atomic E-state index is 0.00723. The van der Waals surface area contributed by atoms with Crippen LogP contribution in [0.2, 0.25) is 5.15 Å². The van der Waals surface area contributed by atoms with E-state index in [9.17, 15) is 4.79 Å². The molecule has 4 rings (SSSR count). The summed E-state index contributed by atoms with van der Waals surface area (Å²) in [6, 6.07) is 11.5. The number of para-hydroxylation sites is 1. The van der Waals surface area contributed by atoms with Gasteiger partial charge in [-0.1, -0.05) is 35.9 Å². The normalized spacial score (nSPS) is 19.0. The van der Waals surface area contributed by atoms with E-state index in [1.165, 1.54) is 0 Å². The number of aromatic nitrogens is 1. The molecule has 3 heterocycles. The van der Waals surface area contributed by atoms with Gasteiger partial charge in [0, 0.05) is 37.2 Å². The molecule has 2 aliphatic rings. The monoisotopic (exact) mass is 343 g/mol. The molecule has 2 amide bonds. The summed E-state index contributed by atoms with van der Waals surface area (Å²) in [5.74, 6) is 0.858. The second-order valence-electron chi connectivity index (χ2n) is 6.09. The molecule has 124 valence electrons. The van der Waals surface area contributed by atoms with Gasteiger partial charge in [-0.3, -0.25) is 0 Å². The third kappa shape index (κ3) is 2.91. The number of halogens is 1. The molecule has 5 nitrogen and oxygen atoms in total. The van der Waals surface area contributed by atoms with Crippen LogP contribution in [-0.2, 0) is 13.0 Å². The van der Waals surface area contributed by atoms with Crippen LogP contribution in [0.15, 0.2) is 36.4 Å². The van der Waals surface area contributed by atoms with Gasteiger partial charge in [0.25, 0.3) is 0 Å². The van der Waals surface area contributed by atoms with Gasteiger partial charge in [-0.05, 0) is 17.7 Å². The number of ether oxygens (including phenoxy) is 1. The molecular formula is C18H18ClN3O2. The Morgan fingerprint density at radius 2 is 2.17 bits per heavy atom. The molecule has 0 saturated carbocycles. The highest BCUT2D eigenvalue weighted by molar-refractivity contribution is 6.29. The molecule has 1 aromatic carbocycles. The molecular weight excluding hydrogens is 326 g/mol. The summed E-state index contributed by atoms with van der Waals surface area (Å²) in [6.07, 6.45) is 1.51. The first-order valence-corrected chi connectivity index (χ1v) is 8.50. The molecule has 1 N–H and O–H groups in total. The summed E-state index contributed by atoms with van der Waals surface area (Å²) in [5.41, 5.74) is 3.10. The van der Waals surface area contributed by atoms with Crippen molar-refractivity contribution < 1.29 is 9.53 Å². The summed E-state index contributed by atoms with van der Waals surface area (Å²) in [6.45, 7) is 1.83. The Balaban J connectivity index is 1.47. The summed E-state index contributed by atoms with van der Waals surface area (Å²) in [5, 5.41) is 3.65. The first-order valence-electron chi connectivity index (χ1n) is 8.12. The Hall–Kier alpha value is -2.27. The molecule has 6 heteroatoms. The lowest BCUT2D eigenvalue weighted by molar-refractivity contribution is 0.181. The van der Waals surface area contributed by atoms with Crippen LogP contribution in [0.5, 0.6) is 5.75 Å². The second kappa shape index (κ2) is 6.32. The highest BCUT2D eigenvalue weighted by Gasteiger charge is 2.27. The Labute approximate surface area is 145 Å². The molecule has 0 bridgehead atoms. The lowest BCUT2D eigenvalue weighted by atomic mass is 10.0. The predicted molar refractivity (Wildman–Crippen MR) is 91.2 cm³/mol. The van der Waals surface area contributed by atoms with Crippen LogP contribution >= 0.6 is 11.6 Å². The average Bonchev–Trinajstić information content (AvgIpc) is 2.61. The maximum Gasteiger partial charge on any atom is 0.318 e. The fourth-order valence-electron chi connectivity index (χ4n) is 3.30. The summed E-state index contributed by atoms with van der Waals surface area (Å²) in [4.78, 5) is 18.9. The van der Waals surface area contributed by atoms with Crippen LogP contribution in [-0.4, -0.2) is 29.1 Å². The highest BCUT2D eigenvalue weighted by atomic mass is 35.5. The molecule has 1 atom stereocenters. The topological polar surface area (TPSA) is 54.5 Å². The van der Waals surface area contributed by atoms with E-state index in [-0.39, 0.29) is 12.1 Å². The Kier molecular flexibility index (Phi) is 4.02. The van der Waals surface area contributed by atoms with Crippen molar-refractivity contribution in [2.45, 2.75) is 25.4 Å². The van der Waals surface area contributed by atoms with E-state index < -0.39 is 0 Å². The number of amides is 2. The quantitative estimate of drug-likeness (QED) is 0.808. The number of fused-ring (bicyclic) bond motifs is 2. The summed E-state index contributed by atoms with van der Waals surface area (Å²) >= 11 is 5.94. The molecule has 24 heavy (non-hydrogen) atoms. The van der Waals surface area contributed by atoms with E-state index in [1.54, 1.807) is 6.07 Å². The molecule has 1 aromatic heterocycles. The number of carbonyl (C=O) groups excluding carboxylic acids is 1. The zero-order valence-corrected chi connectivity index (χ0v) is 13.9. The maximum absolute atomic E-state index is 12.7. The van der Waals surface area contributed by atoms with E-state index in [1.807, 2.05) is 35.2 Å². The van der Waals surface area contributed by atoms with Gasteiger partial charge in [-0.15, -0.1) is 0 Å². The first kappa shape index (κ1) is 15.3. The number of hydrogen-bond donors (Lipinski definition) is 1. The fourth-order valence-corrected chi connectivity index (χ4v) is 3.46. The third-order valence-electron chi connectivity index (χ3n) is 4.56. The summed E-state index contributed by atoms with van der Waals surface area (Å²) in [7, 11) is 0. The number of nitrogens with one attached hydrogen (secondary N) is 1. The van der Waals surface area contributed by atoms with Crippen LogP contribution in [0.3, 0.4) is 0 Å². The van der Waals surface area contributed by atoms with E-state index in [2.05, 4.69) is 10.3 Å². The van der Waals surface area contributed by atoms with Gasteiger partial charge < -0.3 is 15.0 Å². The number of pyridine rings is 1. The average molecular weight is 344 g/mol. The van der Waals surface area contributed by atoms with Crippen LogP contribution in [0.4, 0.5) is 4.79 Å². The fraction of sp³-hybridized carbons (Fsp3) is 0.333. The smallest absolute Gasteiger partial charge is 0.318 e. The van der Waals surface area contributed by atoms with E-state index in [0.717, 1.165) is 35.4 Å². The standard InChI is InChI=1S/C18H18ClN3O2/c19-17-6-5-12-11-22(9-7-14(12)20-17)18(23)21-15-8-10-24-16-4-2-1-3-13(15)16/h1-6,15H,7-11H2,(H,21,23)/t15-/m0/s1. The lowest BCUT2D eigenvalue weighted by Crippen LogP contribution is -2.45. The van der Waals surface area contributed by atoms with Gasteiger partial charge in [-0.25, -0.2) is 9.78 Å². The number of rotatable bonds is 1. The van der Waals surface area contributed by atoms with Gasteiger partial charge >= 0.3 is 6.03 Å². The molecule has 0 saturated heterocycles. The van der Waals surface area contributed by atoms with E-state index in [4.69, 9.17) is 16.3 Å². The highest BCUT2D eigenvalue weighted by Crippen LogP contribution is 2.31. The minimum atomic E-state index is -0.0442. The molecule has 0 radical (unpaired) electrons. The zero-order valence-electron chi connectivity index (χ0n) is 13.2. The van der Waals surface area contributed by atoms with Crippen molar-refractivity contribution in [3.8, 4) is 5.75 Å². The van der Waals surface area contributed by atoms with E-state index in [0.29, 0.717) is 24.8 Å². The lowest BCUT2D eigenvalue weighted by Gasteiger charge is -2.32. The number of benzene rings is 1. The minimum Gasteiger partial charge on any atom is -0.493 e. The Morgan fingerprint density at radius 1 is 1.29 bits per heavy atom. The van der Waals surface area contributed by atoms with Crippen molar-refractivity contribution in [3.63, 3.8) is 0 Å². The zero-order chi connectivity index (χ0) is 16.5. The summed E-state index contributed by atoms with van der Waals surface area (Å²) < 4.78 is 5.65. The largest absolute Gasteiger partial charge is 0.493 e. The number of nitrogens with zero attached hydrogens (tertiary/aromatic N) is 2. The van der Waals surface area contributed by atoms with Crippen molar-refractivity contribution in [2.24, 2.45) is 0 Å². The SMILES string of the molecule is O=C(N[C@H]1CCOc2ccccc21)N1CCc2nc(Cl)ccc2C1. The molecule has 0 aliphatic carbocycles. The van der Waals surface area contributed by atoms with Crippen LogP contribution in [0.1, 0.15) is 29.3 Å². The number of hydrogen-bond acceptors (Lipinski definition) is 3. The van der Waals surface area contributed by atoms with E-state index >= 15 is 0 Å². The Bertz CT molecular complexity index is 781. The van der Waals surface area contributed by atoms with Crippen LogP contribution in [0.25, 0.3) is 0 Å². The molecule has 0 spiro atoms. The maximum atomic E-state index is 12.7. The van der Waals surface area contributed by atoms with Gasteiger partial charge in [0.05, 0.1) is 12.6 Å². The molecule has 0 fully saturated rings. The first-order chi connectivity index (χ1) is 11.7. The van der Waals surface area contributed by atoms with Crippen LogP contribution < -0.4 is 10.1 Å². The third-order valence-corrected chi connectivity index (χ3v) is 4.77.